The molecule has 0 rings (SSSR count). The Morgan fingerprint density at radius 1 is 1.71 bits per heavy atom. The zero-order chi connectivity index (χ0) is 5.70. The van der Waals surface area contributed by atoms with E-state index in [0.717, 1.165) is 6.42 Å². The van der Waals surface area contributed by atoms with Crippen LogP contribution in [-0.4, -0.2) is 6.04 Å². The second kappa shape index (κ2) is 3.88. The number of allylic oxidation sites excluding steroid dienone is 1. The van der Waals surface area contributed by atoms with Crippen LogP contribution < -0.4 is 5.73 Å². The van der Waals surface area contributed by atoms with E-state index < -0.39 is 0 Å². The molecule has 7 heavy (non-hydrogen) atoms. The molecular weight excluding hydrogens is 86.1 g/mol. The van der Waals surface area contributed by atoms with Gasteiger partial charge in [0, 0.05) is 6.04 Å². The summed E-state index contributed by atoms with van der Waals surface area (Å²) in [6.07, 6.45) is 5.09. The van der Waals surface area contributed by atoms with Gasteiger partial charge < -0.3 is 5.73 Å². The summed E-state index contributed by atoms with van der Waals surface area (Å²) in [5.74, 6) is 0. The van der Waals surface area contributed by atoms with Crippen LogP contribution in [-0.2, 0) is 0 Å². The molecule has 0 heterocycles. The average molecular weight is 99.2 g/mol. The van der Waals surface area contributed by atoms with E-state index in [1.54, 1.807) is 0 Å². The van der Waals surface area contributed by atoms with Gasteiger partial charge in [0.1, 0.15) is 0 Å². The Bertz CT molecular complexity index is 55.2. The first-order valence-corrected chi connectivity index (χ1v) is 2.64. The number of rotatable bonds is 2. The summed E-state index contributed by atoms with van der Waals surface area (Å²) in [6.45, 7) is 4.00. The molecule has 0 fully saturated rings. The predicted molar refractivity (Wildman–Crippen MR) is 33.1 cm³/mol. The van der Waals surface area contributed by atoms with Gasteiger partial charge in [-0.15, -0.1) is 0 Å². The first-order valence-electron chi connectivity index (χ1n) is 2.64. The van der Waals surface area contributed by atoms with Crippen molar-refractivity contribution in [3.63, 3.8) is 0 Å². The van der Waals surface area contributed by atoms with Crippen LogP contribution >= 0.6 is 0 Å². The molecule has 0 saturated carbocycles. The van der Waals surface area contributed by atoms with Crippen LogP contribution in [0.5, 0.6) is 0 Å². The van der Waals surface area contributed by atoms with Crippen molar-refractivity contribution >= 4 is 0 Å². The van der Waals surface area contributed by atoms with E-state index in [-0.39, 0.29) is 0 Å². The third kappa shape index (κ3) is 5.70. The lowest BCUT2D eigenvalue weighted by Gasteiger charge is -1.94. The van der Waals surface area contributed by atoms with Gasteiger partial charge >= 0.3 is 0 Å². The van der Waals surface area contributed by atoms with Crippen molar-refractivity contribution in [3.8, 4) is 0 Å². The fraction of sp³-hybridized carbons (Fsp3) is 0.667. The molecule has 0 aliphatic carbocycles. The molecule has 1 atom stereocenters. The lowest BCUT2D eigenvalue weighted by Crippen LogP contribution is -2.12. The smallest absolute Gasteiger partial charge is 0.00449 e. The first kappa shape index (κ1) is 6.70. The van der Waals surface area contributed by atoms with Gasteiger partial charge in [0.2, 0.25) is 0 Å². The summed E-state index contributed by atoms with van der Waals surface area (Å²) in [5.41, 5.74) is 5.43. The highest BCUT2D eigenvalue weighted by atomic mass is 14.6. The topological polar surface area (TPSA) is 26.0 Å². The van der Waals surface area contributed by atoms with Gasteiger partial charge in [-0.3, -0.25) is 0 Å². The van der Waals surface area contributed by atoms with Crippen molar-refractivity contribution < 1.29 is 0 Å². The van der Waals surface area contributed by atoms with Crippen LogP contribution in [0, 0.1) is 0 Å². The van der Waals surface area contributed by atoms with E-state index in [9.17, 15) is 0 Å². The molecule has 0 unspecified atom stereocenters. The van der Waals surface area contributed by atoms with E-state index in [0.29, 0.717) is 6.04 Å². The fourth-order valence-electron chi connectivity index (χ4n) is 0.351. The minimum atomic E-state index is 0.316. The molecule has 0 aromatic heterocycles. The zero-order valence-corrected chi connectivity index (χ0v) is 5.02. The summed E-state index contributed by atoms with van der Waals surface area (Å²) in [5, 5.41) is 0. The van der Waals surface area contributed by atoms with Gasteiger partial charge in [-0.25, -0.2) is 0 Å². The highest BCUT2D eigenvalue weighted by Crippen LogP contribution is 1.85. The summed E-state index contributed by atoms with van der Waals surface area (Å²) < 4.78 is 0. The van der Waals surface area contributed by atoms with Crippen LogP contribution in [0.1, 0.15) is 20.3 Å². The molecule has 0 aromatic carbocycles. The Morgan fingerprint density at radius 3 is 2.43 bits per heavy atom. The quantitative estimate of drug-likeness (QED) is 0.519. The maximum Gasteiger partial charge on any atom is 0.00449 e. The van der Waals surface area contributed by atoms with Crippen LogP contribution in [0.25, 0.3) is 0 Å². The van der Waals surface area contributed by atoms with Crippen LogP contribution in [0.2, 0.25) is 0 Å². The predicted octanol–water partition coefficient (Wildman–Crippen LogP) is 1.30. The van der Waals surface area contributed by atoms with Crippen molar-refractivity contribution in [3.05, 3.63) is 12.2 Å². The molecule has 0 saturated heterocycles. The van der Waals surface area contributed by atoms with Gasteiger partial charge in [0.05, 0.1) is 0 Å². The van der Waals surface area contributed by atoms with E-state index in [2.05, 4.69) is 6.08 Å². The maximum atomic E-state index is 5.43. The van der Waals surface area contributed by atoms with Crippen molar-refractivity contribution in [2.45, 2.75) is 26.3 Å². The molecule has 0 aliphatic rings. The monoisotopic (exact) mass is 99.1 g/mol. The Kier molecular flexibility index (Phi) is 3.71. The number of hydrogen-bond acceptors (Lipinski definition) is 1. The molecule has 0 bridgehead atoms. The van der Waals surface area contributed by atoms with Crippen LogP contribution in [0.3, 0.4) is 0 Å². The highest BCUT2D eigenvalue weighted by molar-refractivity contribution is 4.79. The third-order valence-electron chi connectivity index (χ3n) is 0.744. The lowest BCUT2D eigenvalue weighted by atomic mass is 10.2. The molecule has 0 aliphatic heterocycles. The molecule has 1 heteroatoms. The first-order chi connectivity index (χ1) is 3.27. The van der Waals surface area contributed by atoms with Crippen molar-refractivity contribution in [2.24, 2.45) is 5.73 Å². The van der Waals surface area contributed by atoms with E-state index >= 15 is 0 Å². The average Bonchev–Trinajstić information content (AvgIpc) is 1.61. The Labute approximate surface area is 45.2 Å². The molecule has 0 radical (unpaired) electrons. The minimum Gasteiger partial charge on any atom is -0.328 e. The van der Waals surface area contributed by atoms with E-state index in [1.807, 2.05) is 19.9 Å². The van der Waals surface area contributed by atoms with Crippen molar-refractivity contribution in [1.29, 1.82) is 0 Å². The molecule has 42 valence electrons. The molecular formula is C6H13N. The van der Waals surface area contributed by atoms with Gasteiger partial charge in [0.25, 0.3) is 0 Å². The van der Waals surface area contributed by atoms with E-state index in [4.69, 9.17) is 5.73 Å². The summed E-state index contributed by atoms with van der Waals surface area (Å²) in [4.78, 5) is 0. The normalized spacial score (nSPS) is 15.3. The van der Waals surface area contributed by atoms with Gasteiger partial charge in [0.15, 0.2) is 0 Å². The third-order valence-corrected chi connectivity index (χ3v) is 0.744. The Balaban J connectivity index is 2.97. The zero-order valence-electron chi connectivity index (χ0n) is 5.02. The second-order valence-electron chi connectivity index (χ2n) is 1.78. The molecule has 0 amide bonds. The van der Waals surface area contributed by atoms with Gasteiger partial charge in [-0.2, -0.15) is 0 Å². The molecule has 0 aromatic rings. The minimum absolute atomic E-state index is 0.316. The van der Waals surface area contributed by atoms with Gasteiger partial charge in [-0.05, 0) is 20.3 Å². The summed E-state index contributed by atoms with van der Waals surface area (Å²) in [7, 11) is 0. The standard InChI is InChI=1S/C6H13N/c1-3-4-5-6(2)7/h3-4,6H,5,7H2,1-2H3/b4-3-/t6-/m0/s1. The Hall–Kier alpha value is -0.300. The SMILES string of the molecule is C/C=C\C[C@H](C)N. The maximum absolute atomic E-state index is 5.43. The lowest BCUT2D eigenvalue weighted by molar-refractivity contribution is 0.756. The van der Waals surface area contributed by atoms with E-state index in [1.165, 1.54) is 0 Å². The number of nitrogens with two attached hydrogens (primary N) is 1. The molecule has 2 N–H and O–H groups in total. The summed E-state index contributed by atoms with van der Waals surface area (Å²) in [6, 6.07) is 0.316. The fourth-order valence-corrected chi connectivity index (χ4v) is 0.351. The van der Waals surface area contributed by atoms with Crippen LogP contribution in [0.4, 0.5) is 0 Å². The van der Waals surface area contributed by atoms with Gasteiger partial charge in [-0.1, -0.05) is 12.2 Å². The second-order valence-corrected chi connectivity index (χ2v) is 1.78. The largest absolute Gasteiger partial charge is 0.328 e. The molecule has 0 spiro atoms. The Morgan fingerprint density at radius 2 is 2.29 bits per heavy atom. The van der Waals surface area contributed by atoms with Crippen molar-refractivity contribution in [1.82, 2.24) is 0 Å². The van der Waals surface area contributed by atoms with Crippen molar-refractivity contribution in [2.75, 3.05) is 0 Å². The summed E-state index contributed by atoms with van der Waals surface area (Å²) >= 11 is 0. The highest BCUT2D eigenvalue weighted by Gasteiger charge is 1.83. The van der Waals surface area contributed by atoms with Crippen LogP contribution in [0.15, 0.2) is 12.2 Å². The molecule has 1 nitrogen and oxygen atoms in total. The number of hydrogen-bond donors (Lipinski definition) is 1.